The number of pyridine rings is 2. The molecule has 2 aromatic carbocycles. The molecule has 4 nitrogen and oxygen atoms in total. The van der Waals surface area contributed by atoms with E-state index in [1.54, 1.807) is 0 Å². The van der Waals surface area contributed by atoms with Crippen molar-refractivity contribution in [3.8, 4) is 0 Å². The summed E-state index contributed by atoms with van der Waals surface area (Å²) < 4.78 is 0. The van der Waals surface area contributed by atoms with Gasteiger partial charge in [0.1, 0.15) is 0 Å². The van der Waals surface area contributed by atoms with E-state index in [1.165, 1.54) is 47.8 Å². The largest absolute Gasteiger partial charge is 0.340 e. The van der Waals surface area contributed by atoms with Gasteiger partial charge in [-0.25, -0.2) is 0 Å². The van der Waals surface area contributed by atoms with Crippen LogP contribution in [0.3, 0.4) is 0 Å². The van der Waals surface area contributed by atoms with Gasteiger partial charge in [-0.05, 0) is 43.7 Å². The van der Waals surface area contributed by atoms with Crippen LogP contribution in [-0.4, -0.2) is 23.1 Å². The molecular weight excluding hydrogens is 368 g/mol. The minimum Gasteiger partial charge on any atom is -0.340 e. The Morgan fingerprint density at radius 2 is 1.10 bits per heavy atom. The van der Waals surface area contributed by atoms with Crippen LogP contribution in [0, 0.1) is 0 Å². The molecule has 2 aromatic heterocycles. The van der Waals surface area contributed by atoms with Crippen LogP contribution in [0.4, 0.5) is 11.4 Å². The van der Waals surface area contributed by atoms with Gasteiger partial charge in [-0.3, -0.25) is 9.97 Å². The number of nitrogens with zero attached hydrogens (tertiary/aromatic N) is 3. The van der Waals surface area contributed by atoms with Crippen LogP contribution in [0.25, 0.3) is 21.8 Å². The third kappa shape index (κ3) is 4.60. The number of unbranched alkanes of at least 4 members (excludes halogenated alkanes) is 5. The van der Waals surface area contributed by atoms with E-state index >= 15 is 0 Å². The van der Waals surface area contributed by atoms with Crippen molar-refractivity contribution in [2.75, 3.05) is 18.0 Å². The van der Waals surface area contributed by atoms with Gasteiger partial charge < -0.3 is 10.6 Å². The first-order chi connectivity index (χ1) is 14.9. The maximum absolute atomic E-state index is 5.61. The zero-order chi connectivity index (χ0) is 20.6. The highest BCUT2D eigenvalue weighted by Crippen LogP contribution is 2.35. The first-order valence-corrected chi connectivity index (χ1v) is 11.0. The zero-order valence-corrected chi connectivity index (χ0v) is 17.5. The molecule has 0 aliphatic rings. The maximum atomic E-state index is 5.61. The standard InChI is InChI=1S/C26H30N4/c27-17-9-3-1-2-4-10-20-30(25-15-18-28-23-13-7-5-11-21(23)25)26-16-19-29-24-14-8-6-12-22(24)26/h5-8,11-16,18-19H,1-4,9-10,17,20,27H2. The van der Waals surface area contributed by atoms with Crippen LogP contribution in [0.5, 0.6) is 0 Å². The Hall–Kier alpha value is -2.98. The van der Waals surface area contributed by atoms with E-state index in [-0.39, 0.29) is 0 Å². The van der Waals surface area contributed by atoms with Gasteiger partial charge in [-0.15, -0.1) is 0 Å². The quantitative estimate of drug-likeness (QED) is 0.322. The summed E-state index contributed by atoms with van der Waals surface area (Å²) in [5.41, 5.74) is 10.1. The van der Waals surface area contributed by atoms with Gasteiger partial charge >= 0.3 is 0 Å². The fourth-order valence-electron chi connectivity index (χ4n) is 4.12. The van der Waals surface area contributed by atoms with Crippen molar-refractivity contribution in [2.45, 2.75) is 38.5 Å². The summed E-state index contributed by atoms with van der Waals surface area (Å²) in [6.07, 6.45) is 11.1. The lowest BCUT2D eigenvalue weighted by Crippen LogP contribution is -2.19. The smallest absolute Gasteiger partial charge is 0.0722 e. The molecule has 4 rings (SSSR count). The zero-order valence-electron chi connectivity index (χ0n) is 17.5. The Morgan fingerprint density at radius 3 is 1.67 bits per heavy atom. The topological polar surface area (TPSA) is 55.0 Å². The van der Waals surface area contributed by atoms with Gasteiger partial charge in [-0.1, -0.05) is 62.1 Å². The molecule has 0 spiro atoms. The fraction of sp³-hybridized carbons (Fsp3) is 0.308. The van der Waals surface area contributed by atoms with Gasteiger partial charge in [0.05, 0.1) is 22.4 Å². The summed E-state index contributed by atoms with van der Waals surface area (Å²) >= 11 is 0. The summed E-state index contributed by atoms with van der Waals surface area (Å²) in [6.45, 7) is 1.77. The molecule has 0 radical (unpaired) electrons. The van der Waals surface area contributed by atoms with Gasteiger partial charge in [0.15, 0.2) is 0 Å². The summed E-state index contributed by atoms with van der Waals surface area (Å²) in [5, 5.41) is 2.37. The van der Waals surface area contributed by atoms with Crippen molar-refractivity contribution in [1.82, 2.24) is 9.97 Å². The molecule has 0 aliphatic heterocycles. The number of nitrogens with two attached hydrogens (primary N) is 1. The lowest BCUT2D eigenvalue weighted by atomic mass is 10.1. The summed E-state index contributed by atoms with van der Waals surface area (Å²) in [7, 11) is 0. The number of aromatic nitrogens is 2. The Labute approximate surface area is 178 Å². The second kappa shape index (κ2) is 10.2. The van der Waals surface area contributed by atoms with Crippen molar-refractivity contribution in [2.24, 2.45) is 5.73 Å². The van der Waals surface area contributed by atoms with Crippen LogP contribution >= 0.6 is 0 Å². The predicted octanol–water partition coefficient (Wildman–Crippen LogP) is 6.22. The molecule has 0 aliphatic carbocycles. The molecule has 154 valence electrons. The highest BCUT2D eigenvalue weighted by Gasteiger charge is 2.15. The number of hydrogen-bond acceptors (Lipinski definition) is 4. The number of fused-ring (bicyclic) bond motifs is 2. The van der Waals surface area contributed by atoms with Crippen molar-refractivity contribution < 1.29 is 0 Å². The lowest BCUT2D eigenvalue weighted by Gasteiger charge is -2.27. The van der Waals surface area contributed by atoms with Gasteiger partial charge in [-0.2, -0.15) is 0 Å². The summed E-state index contributed by atoms with van der Waals surface area (Å²) in [6, 6.07) is 21.1. The monoisotopic (exact) mass is 398 g/mol. The molecule has 2 N–H and O–H groups in total. The Morgan fingerprint density at radius 1 is 0.600 bits per heavy atom. The average Bonchev–Trinajstić information content (AvgIpc) is 2.80. The van der Waals surface area contributed by atoms with E-state index < -0.39 is 0 Å². The van der Waals surface area contributed by atoms with Gasteiger partial charge in [0.25, 0.3) is 0 Å². The van der Waals surface area contributed by atoms with Crippen LogP contribution < -0.4 is 10.6 Å². The first kappa shape index (κ1) is 20.3. The SMILES string of the molecule is NCCCCCCCCN(c1ccnc2ccccc12)c1ccnc2ccccc12. The number of para-hydroxylation sites is 2. The van der Waals surface area contributed by atoms with E-state index in [1.807, 2.05) is 24.5 Å². The molecule has 0 fully saturated rings. The van der Waals surface area contributed by atoms with Crippen LogP contribution in [0.2, 0.25) is 0 Å². The first-order valence-electron chi connectivity index (χ1n) is 11.0. The molecule has 4 heteroatoms. The van der Waals surface area contributed by atoms with Gasteiger partial charge in [0.2, 0.25) is 0 Å². The minimum absolute atomic E-state index is 0.804. The van der Waals surface area contributed by atoms with Crippen LogP contribution in [-0.2, 0) is 0 Å². The molecular formula is C26H30N4. The van der Waals surface area contributed by atoms with Crippen molar-refractivity contribution >= 4 is 33.2 Å². The van der Waals surface area contributed by atoms with E-state index in [2.05, 4.69) is 63.4 Å². The number of rotatable bonds is 10. The highest BCUT2D eigenvalue weighted by molar-refractivity contribution is 5.99. The van der Waals surface area contributed by atoms with Crippen molar-refractivity contribution in [3.05, 3.63) is 73.1 Å². The van der Waals surface area contributed by atoms with Gasteiger partial charge in [0, 0.05) is 29.7 Å². The lowest BCUT2D eigenvalue weighted by molar-refractivity contribution is 0.599. The summed E-state index contributed by atoms with van der Waals surface area (Å²) in [5.74, 6) is 0. The van der Waals surface area contributed by atoms with Crippen LogP contribution in [0.1, 0.15) is 38.5 Å². The normalized spacial score (nSPS) is 11.2. The third-order valence-electron chi connectivity index (χ3n) is 5.67. The number of benzene rings is 2. The molecule has 0 saturated carbocycles. The van der Waals surface area contributed by atoms with E-state index in [4.69, 9.17) is 5.73 Å². The molecule has 0 saturated heterocycles. The minimum atomic E-state index is 0.804. The average molecular weight is 399 g/mol. The second-order valence-corrected chi connectivity index (χ2v) is 7.76. The van der Waals surface area contributed by atoms with Crippen molar-refractivity contribution in [3.63, 3.8) is 0 Å². The predicted molar refractivity (Wildman–Crippen MR) is 127 cm³/mol. The summed E-state index contributed by atoms with van der Waals surface area (Å²) in [4.78, 5) is 11.6. The number of anilines is 2. The maximum Gasteiger partial charge on any atom is 0.0722 e. The third-order valence-corrected chi connectivity index (χ3v) is 5.67. The Bertz CT molecular complexity index is 1000. The van der Waals surface area contributed by atoms with E-state index in [0.717, 1.165) is 37.0 Å². The fourth-order valence-corrected chi connectivity index (χ4v) is 4.12. The molecule has 0 bridgehead atoms. The molecule has 4 aromatic rings. The molecule has 0 atom stereocenters. The highest BCUT2D eigenvalue weighted by atomic mass is 15.1. The Kier molecular flexibility index (Phi) is 6.88. The van der Waals surface area contributed by atoms with E-state index in [9.17, 15) is 0 Å². The second-order valence-electron chi connectivity index (χ2n) is 7.76. The molecule has 0 unspecified atom stereocenters. The van der Waals surface area contributed by atoms with Crippen LogP contribution in [0.15, 0.2) is 73.1 Å². The number of hydrogen-bond donors (Lipinski definition) is 1. The molecule has 2 heterocycles. The Balaban J connectivity index is 1.65. The molecule has 30 heavy (non-hydrogen) atoms. The molecule has 0 amide bonds. The van der Waals surface area contributed by atoms with Crippen molar-refractivity contribution in [1.29, 1.82) is 0 Å². The van der Waals surface area contributed by atoms with E-state index in [0.29, 0.717) is 0 Å².